The van der Waals surface area contributed by atoms with E-state index in [-0.39, 0.29) is 30.0 Å². The maximum absolute atomic E-state index is 13.8. The summed E-state index contributed by atoms with van der Waals surface area (Å²) < 4.78 is 59.2. The van der Waals surface area contributed by atoms with E-state index in [1.54, 1.807) is 26.0 Å². The molecule has 0 saturated carbocycles. The third-order valence-corrected chi connectivity index (χ3v) is 8.64. The number of hydrogen-bond acceptors (Lipinski definition) is 8. The lowest BCUT2D eigenvalue weighted by molar-refractivity contribution is -0.290. The molecule has 1 saturated heterocycles. The van der Waals surface area contributed by atoms with Gasteiger partial charge in [0.05, 0.1) is 35.8 Å². The first-order valence-electron chi connectivity index (χ1n) is 15.5. The zero-order chi connectivity index (χ0) is 33.7. The molecule has 9 nitrogen and oxygen atoms in total. The number of rotatable bonds is 12. The smallest absolute Gasteiger partial charge is 0.308 e. The van der Waals surface area contributed by atoms with Gasteiger partial charge in [0, 0.05) is 24.0 Å². The number of benzene rings is 2. The number of nitrogens with zero attached hydrogens (tertiary/aromatic N) is 2. The van der Waals surface area contributed by atoms with E-state index in [4.69, 9.17) is 14.2 Å². The van der Waals surface area contributed by atoms with E-state index in [0.717, 1.165) is 5.56 Å². The topological polar surface area (TPSA) is 117 Å². The molecular formula is C35H44FN3O6S. The monoisotopic (exact) mass is 653 g/mol. The number of esters is 1. The number of carbonyl (C=O) groups excluding carboxylic acids is 1. The molecule has 1 aliphatic heterocycles. The number of nitrogens with one attached hydrogen (secondary N) is 1. The molecule has 2 heterocycles. The predicted molar refractivity (Wildman–Crippen MR) is 177 cm³/mol. The minimum absolute atomic E-state index is 0.0563. The summed E-state index contributed by atoms with van der Waals surface area (Å²) in [5, 5.41) is 0. The van der Waals surface area contributed by atoms with Gasteiger partial charge in [0.25, 0.3) is 0 Å². The highest BCUT2D eigenvalue weighted by Gasteiger charge is 2.37. The Labute approximate surface area is 271 Å². The lowest BCUT2D eigenvalue weighted by Crippen LogP contribution is -2.45. The van der Waals surface area contributed by atoms with Gasteiger partial charge in [-0.3, -0.25) is 9.52 Å². The highest BCUT2D eigenvalue weighted by Crippen LogP contribution is 2.34. The van der Waals surface area contributed by atoms with E-state index < -0.39 is 39.4 Å². The average molecular weight is 654 g/mol. The molecule has 0 spiro atoms. The number of anilines is 1. The van der Waals surface area contributed by atoms with Crippen molar-refractivity contribution in [3.63, 3.8) is 0 Å². The number of carbonyl (C=O) groups is 1. The lowest BCUT2D eigenvalue weighted by Gasteiger charge is -2.40. The Morgan fingerprint density at radius 2 is 1.78 bits per heavy atom. The molecular weight excluding hydrogens is 609 g/mol. The van der Waals surface area contributed by atoms with Crippen molar-refractivity contribution in [1.29, 1.82) is 0 Å². The Morgan fingerprint density at radius 3 is 2.41 bits per heavy atom. The average Bonchev–Trinajstić information content (AvgIpc) is 2.95. The van der Waals surface area contributed by atoms with Crippen molar-refractivity contribution in [2.24, 2.45) is 0 Å². The summed E-state index contributed by atoms with van der Waals surface area (Å²) in [7, 11) is -3.64. The van der Waals surface area contributed by atoms with Gasteiger partial charge >= 0.3 is 5.97 Å². The van der Waals surface area contributed by atoms with Crippen LogP contribution in [0.2, 0.25) is 0 Å². The molecule has 0 unspecified atom stereocenters. The first-order valence-corrected chi connectivity index (χ1v) is 17.2. The van der Waals surface area contributed by atoms with Crippen LogP contribution < -0.4 is 4.72 Å². The van der Waals surface area contributed by atoms with Crippen LogP contribution in [0.25, 0.3) is 17.3 Å². The zero-order valence-corrected chi connectivity index (χ0v) is 28.4. The zero-order valence-electron chi connectivity index (χ0n) is 27.5. The molecule has 1 N–H and O–H groups in total. The quantitative estimate of drug-likeness (QED) is 0.207. The Hall–Kier alpha value is -3.67. The summed E-state index contributed by atoms with van der Waals surface area (Å²) in [4.78, 5) is 22.2. The van der Waals surface area contributed by atoms with Gasteiger partial charge in [-0.05, 0) is 70.4 Å². The summed E-state index contributed by atoms with van der Waals surface area (Å²) in [5.41, 5.74) is 2.67. The van der Waals surface area contributed by atoms with Gasteiger partial charge in [0.2, 0.25) is 16.0 Å². The van der Waals surface area contributed by atoms with Crippen LogP contribution in [-0.4, -0.2) is 53.7 Å². The number of sulfonamides is 1. The van der Waals surface area contributed by atoms with Gasteiger partial charge in [-0.25, -0.2) is 22.8 Å². The molecule has 46 heavy (non-hydrogen) atoms. The van der Waals surface area contributed by atoms with Crippen LogP contribution in [0.3, 0.4) is 0 Å². The molecule has 0 radical (unpaired) electrons. The van der Waals surface area contributed by atoms with Crippen LogP contribution in [0.15, 0.2) is 60.7 Å². The van der Waals surface area contributed by atoms with E-state index in [1.807, 2.05) is 70.2 Å². The molecule has 2 aromatic carbocycles. The number of aromatic nitrogens is 2. The van der Waals surface area contributed by atoms with Crippen molar-refractivity contribution in [3.8, 4) is 11.3 Å². The van der Waals surface area contributed by atoms with Gasteiger partial charge in [-0.1, -0.05) is 56.3 Å². The molecule has 3 aromatic rings. The van der Waals surface area contributed by atoms with Crippen LogP contribution in [0, 0.1) is 5.82 Å². The minimum Gasteiger partial charge on any atom is -0.459 e. The van der Waals surface area contributed by atoms with Gasteiger partial charge in [-0.2, -0.15) is 0 Å². The van der Waals surface area contributed by atoms with E-state index >= 15 is 0 Å². The number of ether oxygens (including phenoxy) is 3. The Bertz CT molecular complexity index is 1640. The number of hydrogen-bond donors (Lipinski definition) is 1. The van der Waals surface area contributed by atoms with Crippen LogP contribution in [-0.2, 0) is 35.4 Å². The van der Waals surface area contributed by atoms with E-state index in [9.17, 15) is 17.6 Å². The first-order chi connectivity index (χ1) is 21.5. The van der Waals surface area contributed by atoms with Crippen molar-refractivity contribution in [2.45, 2.75) is 97.2 Å². The lowest BCUT2D eigenvalue weighted by atomic mass is 9.96. The molecule has 0 bridgehead atoms. The normalized spacial score (nSPS) is 18.5. The Kier molecular flexibility index (Phi) is 11.0. The van der Waals surface area contributed by atoms with Crippen LogP contribution in [0.5, 0.6) is 0 Å². The third kappa shape index (κ3) is 9.91. The highest BCUT2D eigenvalue weighted by atomic mass is 32.2. The molecule has 2 atom stereocenters. The molecule has 1 aliphatic rings. The minimum atomic E-state index is -3.64. The molecule has 0 aliphatic carbocycles. The van der Waals surface area contributed by atoms with Crippen molar-refractivity contribution < 1.29 is 31.8 Å². The fourth-order valence-electron chi connectivity index (χ4n) is 5.43. The Morgan fingerprint density at radius 1 is 1.11 bits per heavy atom. The summed E-state index contributed by atoms with van der Waals surface area (Å²) in [6, 6.07) is 15.7. The molecule has 4 rings (SSSR count). The van der Waals surface area contributed by atoms with E-state index in [2.05, 4.69) is 14.7 Å². The molecule has 1 fully saturated rings. The second-order valence-corrected chi connectivity index (χ2v) is 14.9. The summed E-state index contributed by atoms with van der Waals surface area (Å²) in [6.45, 7) is 12.8. The summed E-state index contributed by atoms with van der Waals surface area (Å²) in [6.07, 6.45) is 3.86. The van der Waals surface area contributed by atoms with Gasteiger partial charge in [0.1, 0.15) is 11.4 Å². The molecule has 0 amide bonds. The highest BCUT2D eigenvalue weighted by molar-refractivity contribution is 7.92. The van der Waals surface area contributed by atoms with E-state index in [0.29, 0.717) is 35.4 Å². The number of halogens is 1. The van der Waals surface area contributed by atoms with Gasteiger partial charge < -0.3 is 14.2 Å². The van der Waals surface area contributed by atoms with Crippen molar-refractivity contribution in [1.82, 2.24) is 9.97 Å². The van der Waals surface area contributed by atoms with Gasteiger partial charge in [0.15, 0.2) is 5.79 Å². The second kappa shape index (κ2) is 14.4. The van der Waals surface area contributed by atoms with Crippen LogP contribution in [0.1, 0.15) is 84.0 Å². The van der Waals surface area contributed by atoms with Crippen molar-refractivity contribution in [2.75, 3.05) is 10.5 Å². The standard InChI is InChI=1S/C35H44FN3O6S/c1-8-46(41,42)39-33-37-31(23(2)3)29(32(38-33)25-14-16-26(36)17-15-25)19-18-27-20-28(44-35(6,7)43-27)21-30(40)45-34(4,5)22-24-12-10-9-11-13-24/h9-19,23,27-28H,8,20-22H2,1-7H3,(H,37,38,39)/b19-18+/t27-,28-/m1/s1. The molecule has 11 heteroatoms. The maximum atomic E-state index is 13.8. The van der Waals surface area contributed by atoms with Crippen LogP contribution >= 0.6 is 0 Å². The summed E-state index contributed by atoms with van der Waals surface area (Å²) in [5.74, 6) is -2.05. The maximum Gasteiger partial charge on any atom is 0.308 e. The fraction of sp³-hybridized carbons (Fsp3) is 0.457. The third-order valence-electron chi connectivity index (χ3n) is 7.38. The SMILES string of the molecule is CCS(=O)(=O)Nc1nc(-c2ccc(F)cc2)c(/C=C/[C@@H]2C[C@H](CC(=O)OC(C)(C)Cc3ccccc3)OC(C)(C)O2)c(C(C)C)n1. The molecule has 1 aromatic heterocycles. The van der Waals surface area contributed by atoms with Crippen LogP contribution in [0.4, 0.5) is 10.3 Å². The summed E-state index contributed by atoms with van der Waals surface area (Å²) >= 11 is 0. The largest absolute Gasteiger partial charge is 0.459 e. The molecule has 248 valence electrons. The van der Waals surface area contributed by atoms with Crippen molar-refractivity contribution in [3.05, 3.63) is 83.3 Å². The van der Waals surface area contributed by atoms with E-state index in [1.165, 1.54) is 19.1 Å². The van der Waals surface area contributed by atoms with Gasteiger partial charge in [-0.15, -0.1) is 0 Å². The van der Waals surface area contributed by atoms with Crippen molar-refractivity contribution >= 4 is 28.0 Å². The Balaban J connectivity index is 1.59. The second-order valence-electron chi connectivity index (χ2n) is 12.9. The first kappa shape index (κ1) is 35.2. The fourth-order valence-corrected chi connectivity index (χ4v) is 5.94. The predicted octanol–water partition coefficient (Wildman–Crippen LogP) is 7.05.